The molecule has 116 valence electrons. The number of ether oxygens (including phenoxy) is 1. The number of carbonyl (C=O) groups excluding carboxylic acids is 1. The summed E-state index contributed by atoms with van der Waals surface area (Å²) in [5.74, 6) is 1.20. The van der Waals surface area contributed by atoms with Gasteiger partial charge in [0.05, 0.1) is 0 Å². The van der Waals surface area contributed by atoms with Crippen molar-refractivity contribution < 1.29 is 9.53 Å². The maximum absolute atomic E-state index is 11.8. The van der Waals surface area contributed by atoms with Gasteiger partial charge < -0.3 is 4.74 Å². The summed E-state index contributed by atoms with van der Waals surface area (Å²) in [5, 5.41) is 11.0. The van der Waals surface area contributed by atoms with E-state index in [1.165, 1.54) is 28.7 Å². The summed E-state index contributed by atoms with van der Waals surface area (Å²) in [5.41, 5.74) is 1.17. The number of anilines is 1. The fourth-order valence-corrected chi connectivity index (χ4v) is 3.14. The number of aromatic nitrogens is 2. The zero-order valence-corrected chi connectivity index (χ0v) is 13.9. The average molecular weight is 335 g/mol. The molecule has 1 amide bonds. The van der Waals surface area contributed by atoms with Crippen LogP contribution in [0.5, 0.6) is 5.75 Å². The second-order valence-corrected chi connectivity index (χ2v) is 6.56. The van der Waals surface area contributed by atoms with Crippen molar-refractivity contribution in [2.24, 2.45) is 0 Å². The zero-order chi connectivity index (χ0) is 15.8. The van der Waals surface area contributed by atoms with Gasteiger partial charge in [-0.05, 0) is 24.1 Å². The summed E-state index contributed by atoms with van der Waals surface area (Å²) in [4.78, 5) is 11.8. The number of benzene rings is 1. The molecule has 0 aliphatic heterocycles. The predicted octanol–water partition coefficient (Wildman–Crippen LogP) is 3.40. The molecular weight excluding hydrogens is 318 g/mol. The highest BCUT2D eigenvalue weighted by atomic mass is 32.2. The van der Waals surface area contributed by atoms with E-state index >= 15 is 0 Å². The fourth-order valence-electron chi connectivity index (χ4n) is 1.61. The van der Waals surface area contributed by atoms with Crippen LogP contribution in [0.4, 0.5) is 5.13 Å². The van der Waals surface area contributed by atoms with Gasteiger partial charge >= 0.3 is 0 Å². The number of hydrogen-bond acceptors (Lipinski definition) is 6. The number of nitrogens with one attached hydrogen (secondary N) is 1. The van der Waals surface area contributed by atoms with Crippen molar-refractivity contribution in [2.75, 3.05) is 17.7 Å². The molecule has 1 aromatic heterocycles. The third-order valence-corrected chi connectivity index (χ3v) is 4.62. The van der Waals surface area contributed by atoms with Crippen LogP contribution in [-0.4, -0.2) is 28.5 Å². The average Bonchev–Trinajstić information content (AvgIpc) is 2.98. The minimum atomic E-state index is -0.252. The molecule has 1 heterocycles. The molecule has 7 heteroatoms. The van der Waals surface area contributed by atoms with E-state index in [-0.39, 0.29) is 12.5 Å². The Morgan fingerprint density at radius 3 is 3.14 bits per heavy atom. The van der Waals surface area contributed by atoms with Crippen LogP contribution in [-0.2, 0) is 11.2 Å². The SMILES string of the molecule is C=CCSc1nnc(NC(=O)COc2cccc(CC)c2)s1. The van der Waals surface area contributed by atoms with Crippen LogP contribution in [0, 0.1) is 0 Å². The molecule has 22 heavy (non-hydrogen) atoms. The number of carbonyl (C=O) groups is 1. The Balaban J connectivity index is 1.82. The monoisotopic (exact) mass is 335 g/mol. The van der Waals surface area contributed by atoms with Crippen molar-refractivity contribution in [1.82, 2.24) is 10.2 Å². The van der Waals surface area contributed by atoms with Gasteiger partial charge in [0.25, 0.3) is 5.91 Å². The Labute approximate surface area is 137 Å². The number of hydrogen-bond donors (Lipinski definition) is 1. The molecule has 0 spiro atoms. The van der Waals surface area contributed by atoms with E-state index in [0.29, 0.717) is 10.9 Å². The Hall–Kier alpha value is -1.86. The van der Waals surface area contributed by atoms with Gasteiger partial charge in [-0.3, -0.25) is 10.1 Å². The third-order valence-electron chi connectivity index (χ3n) is 2.65. The van der Waals surface area contributed by atoms with Crippen molar-refractivity contribution in [3.8, 4) is 5.75 Å². The van der Waals surface area contributed by atoms with Crippen LogP contribution in [0.15, 0.2) is 41.3 Å². The Morgan fingerprint density at radius 1 is 1.50 bits per heavy atom. The summed E-state index contributed by atoms with van der Waals surface area (Å²) >= 11 is 2.86. The molecule has 0 saturated carbocycles. The lowest BCUT2D eigenvalue weighted by atomic mass is 10.2. The lowest BCUT2D eigenvalue weighted by Crippen LogP contribution is -2.20. The van der Waals surface area contributed by atoms with Gasteiger partial charge in [-0.15, -0.1) is 16.8 Å². The highest BCUT2D eigenvalue weighted by Gasteiger charge is 2.09. The van der Waals surface area contributed by atoms with Crippen LogP contribution in [0.3, 0.4) is 0 Å². The van der Waals surface area contributed by atoms with E-state index in [2.05, 4.69) is 29.0 Å². The molecule has 0 radical (unpaired) electrons. The summed E-state index contributed by atoms with van der Waals surface area (Å²) < 4.78 is 6.28. The normalized spacial score (nSPS) is 10.2. The second-order valence-electron chi connectivity index (χ2n) is 4.31. The molecule has 1 aromatic carbocycles. The van der Waals surface area contributed by atoms with Gasteiger partial charge in [0.1, 0.15) is 5.75 Å². The van der Waals surface area contributed by atoms with Gasteiger partial charge in [0, 0.05) is 5.75 Å². The standard InChI is InChI=1S/C15H17N3O2S2/c1-3-8-21-15-18-17-14(22-15)16-13(19)10-20-12-7-5-6-11(4-2)9-12/h3,5-7,9H,1,4,8,10H2,2H3,(H,16,17,19). The largest absolute Gasteiger partial charge is 0.484 e. The van der Waals surface area contributed by atoms with E-state index in [9.17, 15) is 4.79 Å². The maximum atomic E-state index is 11.8. The Bertz CT molecular complexity index is 643. The summed E-state index contributed by atoms with van der Waals surface area (Å²) in [6.07, 6.45) is 2.72. The van der Waals surface area contributed by atoms with Crippen LogP contribution >= 0.6 is 23.1 Å². The topological polar surface area (TPSA) is 64.1 Å². The van der Waals surface area contributed by atoms with Gasteiger partial charge in [-0.2, -0.15) is 0 Å². The van der Waals surface area contributed by atoms with Crippen LogP contribution in [0.25, 0.3) is 0 Å². The van der Waals surface area contributed by atoms with Crippen molar-refractivity contribution >= 4 is 34.1 Å². The Morgan fingerprint density at radius 2 is 2.36 bits per heavy atom. The van der Waals surface area contributed by atoms with E-state index in [1.54, 1.807) is 6.08 Å². The molecule has 0 fully saturated rings. The molecule has 0 aliphatic rings. The molecule has 0 aliphatic carbocycles. The van der Waals surface area contributed by atoms with Crippen molar-refractivity contribution in [3.05, 3.63) is 42.5 Å². The summed E-state index contributed by atoms with van der Waals surface area (Å²) in [7, 11) is 0. The quantitative estimate of drug-likeness (QED) is 0.455. The Kier molecular flexibility index (Phi) is 6.42. The first kappa shape index (κ1) is 16.5. The summed E-state index contributed by atoms with van der Waals surface area (Å²) in [6.45, 7) is 5.66. The number of aryl methyl sites for hydroxylation is 1. The molecule has 0 atom stereocenters. The first-order valence-corrected chi connectivity index (χ1v) is 8.60. The lowest BCUT2D eigenvalue weighted by Gasteiger charge is -2.06. The molecular formula is C15H17N3O2S2. The molecule has 5 nitrogen and oxygen atoms in total. The highest BCUT2D eigenvalue weighted by Crippen LogP contribution is 2.25. The molecule has 0 bridgehead atoms. The summed E-state index contributed by atoms with van der Waals surface area (Å²) in [6, 6.07) is 7.71. The molecule has 0 saturated heterocycles. The second kappa shape index (κ2) is 8.55. The molecule has 1 N–H and O–H groups in total. The predicted molar refractivity (Wildman–Crippen MR) is 90.8 cm³/mol. The first-order valence-electron chi connectivity index (χ1n) is 6.80. The van der Waals surface area contributed by atoms with E-state index in [0.717, 1.165) is 16.5 Å². The van der Waals surface area contributed by atoms with Crippen LogP contribution in [0.2, 0.25) is 0 Å². The number of thioether (sulfide) groups is 1. The van der Waals surface area contributed by atoms with Crippen molar-refractivity contribution in [3.63, 3.8) is 0 Å². The number of rotatable bonds is 8. The zero-order valence-electron chi connectivity index (χ0n) is 12.2. The first-order chi connectivity index (χ1) is 10.7. The lowest BCUT2D eigenvalue weighted by molar-refractivity contribution is -0.118. The van der Waals surface area contributed by atoms with E-state index in [1.807, 2.05) is 24.3 Å². The van der Waals surface area contributed by atoms with Gasteiger partial charge in [0.15, 0.2) is 10.9 Å². The smallest absolute Gasteiger partial charge is 0.264 e. The maximum Gasteiger partial charge on any atom is 0.264 e. The highest BCUT2D eigenvalue weighted by molar-refractivity contribution is 8.01. The van der Waals surface area contributed by atoms with E-state index in [4.69, 9.17) is 4.74 Å². The van der Waals surface area contributed by atoms with Crippen LogP contribution < -0.4 is 10.1 Å². The van der Waals surface area contributed by atoms with Crippen molar-refractivity contribution in [2.45, 2.75) is 17.7 Å². The van der Waals surface area contributed by atoms with Gasteiger partial charge in [0.2, 0.25) is 5.13 Å². The van der Waals surface area contributed by atoms with Crippen molar-refractivity contribution in [1.29, 1.82) is 0 Å². The minimum absolute atomic E-state index is 0.0537. The number of nitrogens with zero attached hydrogens (tertiary/aromatic N) is 2. The van der Waals surface area contributed by atoms with Crippen LogP contribution in [0.1, 0.15) is 12.5 Å². The minimum Gasteiger partial charge on any atom is -0.484 e. The van der Waals surface area contributed by atoms with E-state index < -0.39 is 0 Å². The molecule has 2 aromatic rings. The molecule has 0 unspecified atom stereocenters. The molecule has 2 rings (SSSR count). The third kappa shape index (κ3) is 5.16. The number of amides is 1. The van der Waals surface area contributed by atoms with Gasteiger partial charge in [-0.25, -0.2) is 0 Å². The fraction of sp³-hybridized carbons (Fsp3) is 0.267. The van der Waals surface area contributed by atoms with Gasteiger partial charge in [-0.1, -0.05) is 48.2 Å².